The first-order valence-electron chi connectivity index (χ1n) is 6.66. The molecule has 0 aliphatic carbocycles. The van der Waals surface area contributed by atoms with E-state index in [9.17, 15) is 0 Å². The Morgan fingerprint density at radius 3 is 2.56 bits per heavy atom. The molecule has 3 heteroatoms. The quantitative estimate of drug-likeness (QED) is 0.718. The Bertz CT molecular complexity index is 188. The second kappa shape index (κ2) is 6.58. The van der Waals surface area contributed by atoms with Gasteiger partial charge in [-0.05, 0) is 33.4 Å². The van der Waals surface area contributed by atoms with Crippen molar-refractivity contribution in [2.24, 2.45) is 5.41 Å². The van der Waals surface area contributed by atoms with E-state index in [1.54, 1.807) is 0 Å². The zero-order chi connectivity index (χ0) is 12.0. The van der Waals surface area contributed by atoms with Crippen molar-refractivity contribution in [2.45, 2.75) is 40.2 Å². The molecule has 1 atom stereocenters. The molecule has 0 spiro atoms. The van der Waals surface area contributed by atoms with Crippen LogP contribution in [-0.2, 0) is 4.74 Å². The average molecular weight is 228 g/mol. The number of hydrogen-bond acceptors (Lipinski definition) is 3. The molecule has 0 radical (unpaired) electrons. The maximum atomic E-state index is 5.62. The van der Waals surface area contributed by atoms with E-state index in [0.29, 0.717) is 11.5 Å². The second-order valence-corrected chi connectivity index (χ2v) is 5.24. The van der Waals surface area contributed by atoms with Crippen LogP contribution in [0.15, 0.2) is 0 Å². The minimum atomic E-state index is 0.344. The zero-order valence-corrected chi connectivity index (χ0v) is 11.4. The van der Waals surface area contributed by atoms with E-state index in [0.717, 1.165) is 39.4 Å². The Kier molecular flexibility index (Phi) is 5.73. The normalized spacial score (nSPS) is 25.9. The summed E-state index contributed by atoms with van der Waals surface area (Å²) in [7, 11) is 0. The van der Waals surface area contributed by atoms with Gasteiger partial charge in [-0.25, -0.2) is 0 Å². The molecule has 1 unspecified atom stereocenters. The van der Waals surface area contributed by atoms with Crippen molar-refractivity contribution in [3.63, 3.8) is 0 Å². The van der Waals surface area contributed by atoms with Gasteiger partial charge in [0.2, 0.25) is 0 Å². The highest BCUT2D eigenvalue weighted by Gasteiger charge is 2.36. The average Bonchev–Trinajstić information content (AvgIpc) is 2.72. The fraction of sp³-hybridized carbons (Fsp3) is 1.00. The second-order valence-electron chi connectivity index (χ2n) is 5.24. The molecule has 1 fully saturated rings. The Morgan fingerprint density at radius 2 is 2.12 bits per heavy atom. The van der Waals surface area contributed by atoms with E-state index in [1.807, 2.05) is 0 Å². The van der Waals surface area contributed by atoms with Crippen LogP contribution in [0.25, 0.3) is 0 Å². The number of ether oxygens (including phenoxy) is 1. The molecule has 96 valence electrons. The number of nitrogens with zero attached hydrogens (tertiary/aromatic N) is 1. The maximum absolute atomic E-state index is 5.62. The van der Waals surface area contributed by atoms with E-state index in [2.05, 4.69) is 37.9 Å². The van der Waals surface area contributed by atoms with Crippen molar-refractivity contribution in [3.8, 4) is 0 Å². The van der Waals surface area contributed by atoms with Crippen molar-refractivity contribution < 1.29 is 4.74 Å². The summed E-state index contributed by atoms with van der Waals surface area (Å²) < 4.78 is 5.62. The minimum Gasteiger partial charge on any atom is -0.381 e. The molecule has 1 heterocycles. The largest absolute Gasteiger partial charge is 0.381 e. The Hall–Kier alpha value is -0.120. The first kappa shape index (κ1) is 13.9. The summed E-state index contributed by atoms with van der Waals surface area (Å²) in [4.78, 5) is 2.55. The van der Waals surface area contributed by atoms with Crippen molar-refractivity contribution in [1.29, 1.82) is 0 Å². The fourth-order valence-electron chi connectivity index (χ4n) is 2.45. The third-order valence-electron chi connectivity index (χ3n) is 3.61. The van der Waals surface area contributed by atoms with Crippen LogP contribution in [0.4, 0.5) is 0 Å². The van der Waals surface area contributed by atoms with Gasteiger partial charge in [-0.2, -0.15) is 0 Å². The van der Waals surface area contributed by atoms with Gasteiger partial charge in [-0.1, -0.05) is 13.8 Å². The molecule has 1 aliphatic rings. The van der Waals surface area contributed by atoms with Crippen LogP contribution >= 0.6 is 0 Å². The summed E-state index contributed by atoms with van der Waals surface area (Å²) in [5, 5.41) is 3.49. The lowest BCUT2D eigenvalue weighted by Gasteiger charge is -2.36. The molecule has 0 saturated carbocycles. The molecule has 1 rings (SSSR count). The van der Waals surface area contributed by atoms with Gasteiger partial charge in [-0.15, -0.1) is 0 Å². The Labute approximate surface area is 101 Å². The van der Waals surface area contributed by atoms with Crippen LogP contribution in [0.5, 0.6) is 0 Å². The monoisotopic (exact) mass is 228 g/mol. The van der Waals surface area contributed by atoms with Crippen molar-refractivity contribution in [3.05, 3.63) is 0 Å². The van der Waals surface area contributed by atoms with Crippen LogP contribution in [0.3, 0.4) is 0 Å². The highest BCUT2D eigenvalue weighted by molar-refractivity contribution is 4.88. The molecule has 0 amide bonds. The van der Waals surface area contributed by atoms with Crippen LogP contribution in [0.1, 0.15) is 34.1 Å². The van der Waals surface area contributed by atoms with E-state index < -0.39 is 0 Å². The number of hydrogen-bond donors (Lipinski definition) is 1. The third-order valence-corrected chi connectivity index (χ3v) is 3.61. The van der Waals surface area contributed by atoms with E-state index in [-0.39, 0.29) is 0 Å². The summed E-state index contributed by atoms with van der Waals surface area (Å²) >= 11 is 0. The van der Waals surface area contributed by atoms with Gasteiger partial charge >= 0.3 is 0 Å². The summed E-state index contributed by atoms with van der Waals surface area (Å²) in [5.41, 5.74) is 0.344. The van der Waals surface area contributed by atoms with Crippen molar-refractivity contribution in [2.75, 3.05) is 39.4 Å². The summed E-state index contributed by atoms with van der Waals surface area (Å²) in [5.74, 6) is 0. The van der Waals surface area contributed by atoms with Gasteiger partial charge in [0.05, 0.1) is 6.61 Å². The standard InChI is InChI=1S/C13H28N2O/c1-5-14-9-13(7-8-16-11-13)10-15(6-2)12(3)4/h12,14H,5-11H2,1-4H3. The van der Waals surface area contributed by atoms with Crippen LogP contribution < -0.4 is 5.32 Å². The van der Waals surface area contributed by atoms with Crippen LogP contribution in [0.2, 0.25) is 0 Å². The number of nitrogens with one attached hydrogen (secondary N) is 1. The summed E-state index contributed by atoms with van der Waals surface area (Å²) in [6.45, 7) is 15.3. The van der Waals surface area contributed by atoms with Crippen LogP contribution in [0, 0.1) is 5.41 Å². The van der Waals surface area contributed by atoms with E-state index in [1.165, 1.54) is 6.42 Å². The lowest BCUT2D eigenvalue weighted by Crippen LogP contribution is -2.46. The maximum Gasteiger partial charge on any atom is 0.0547 e. The third kappa shape index (κ3) is 3.72. The number of rotatable bonds is 7. The Balaban J connectivity index is 2.55. The van der Waals surface area contributed by atoms with Gasteiger partial charge in [0, 0.05) is 31.2 Å². The molecule has 0 aromatic carbocycles. The predicted octanol–water partition coefficient (Wildman–Crippen LogP) is 1.73. The minimum absolute atomic E-state index is 0.344. The first-order chi connectivity index (χ1) is 7.63. The van der Waals surface area contributed by atoms with Gasteiger partial charge in [0.1, 0.15) is 0 Å². The SMILES string of the molecule is CCNCC1(CN(CC)C(C)C)CCOC1. The summed E-state index contributed by atoms with van der Waals surface area (Å²) in [6.07, 6.45) is 1.20. The molecule has 0 aromatic heterocycles. The lowest BCUT2D eigenvalue weighted by molar-refractivity contribution is 0.0965. The smallest absolute Gasteiger partial charge is 0.0547 e. The summed E-state index contributed by atoms with van der Waals surface area (Å²) in [6, 6.07) is 0.629. The van der Waals surface area contributed by atoms with Gasteiger partial charge in [0.25, 0.3) is 0 Å². The van der Waals surface area contributed by atoms with Crippen molar-refractivity contribution >= 4 is 0 Å². The Morgan fingerprint density at radius 1 is 1.38 bits per heavy atom. The van der Waals surface area contributed by atoms with Gasteiger partial charge in [-0.3, -0.25) is 0 Å². The molecule has 0 aromatic rings. The molecule has 3 nitrogen and oxygen atoms in total. The molecule has 1 aliphatic heterocycles. The first-order valence-corrected chi connectivity index (χ1v) is 6.66. The predicted molar refractivity (Wildman–Crippen MR) is 68.8 cm³/mol. The van der Waals surface area contributed by atoms with Gasteiger partial charge < -0.3 is 15.0 Å². The topological polar surface area (TPSA) is 24.5 Å². The van der Waals surface area contributed by atoms with E-state index >= 15 is 0 Å². The highest BCUT2D eigenvalue weighted by atomic mass is 16.5. The molecular formula is C13H28N2O. The van der Waals surface area contributed by atoms with E-state index in [4.69, 9.17) is 4.74 Å². The zero-order valence-electron chi connectivity index (χ0n) is 11.4. The highest BCUT2D eigenvalue weighted by Crippen LogP contribution is 2.29. The molecule has 16 heavy (non-hydrogen) atoms. The lowest BCUT2D eigenvalue weighted by atomic mass is 9.86. The van der Waals surface area contributed by atoms with Crippen molar-refractivity contribution in [1.82, 2.24) is 10.2 Å². The fourth-order valence-corrected chi connectivity index (χ4v) is 2.45. The molecule has 1 saturated heterocycles. The molecule has 0 bridgehead atoms. The van der Waals surface area contributed by atoms with Gasteiger partial charge in [0.15, 0.2) is 0 Å². The molecule has 1 N–H and O–H groups in total. The molecular weight excluding hydrogens is 200 g/mol. The van der Waals surface area contributed by atoms with Crippen LogP contribution in [-0.4, -0.2) is 50.3 Å².